The van der Waals surface area contributed by atoms with Crippen molar-refractivity contribution in [3.63, 3.8) is 0 Å². The lowest BCUT2D eigenvalue weighted by molar-refractivity contribution is 0.167. The molecule has 2 heterocycles. The van der Waals surface area contributed by atoms with E-state index in [4.69, 9.17) is 0 Å². The predicted molar refractivity (Wildman–Crippen MR) is 92.7 cm³/mol. The van der Waals surface area contributed by atoms with Crippen molar-refractivity contribution in [3.8, 4) is 0 Å². The van der Waals surface area contributed by atoms with Crippen molar-refractivity contribution >= 4 is 6.03 Å². The molecule has 5 nitrogen and oxygen atoms in total. The molecule has 0 spiro atoms. The number of urea groups is 1. The molecule has 1 aliphatic heterocycles. The number of aromatic nitrogens is 2. The smallest absolute Gasteiger partial charge is 0.317 e. The number of aryl methyl sites for hydroxylation is 1. The van der Waals surface area contributed by atoms with E-state index < -0.39 is 0 Å². The second-order valence-corrected chi connectivity index (χ2v) is 6.97. The number of hydrogen-bond donors (Lipinski definition) is 1. The number of carbonyl (C=O) groups is 1. The Balaban J connectivity index is 1.38. The van der Waals surface area contributed by atoms with Crippen LogP contribution in [0.2, 0.25) is 0 Å². The highest BCUT2D eigenvalue weighted by Crippen LogP contribution is 2.31. The van der Waals surface area contributed by atoms with E-state index in [0.717, 1.165) is 56.3 Å². The Hall–Kier alpha value is -2.37. The highest BCUT2D eigenvalue weighted by Gasteiger charge is 2.27. The lowest BCUT2D eigenvalue weighted by Gasteiger charge is -2.34. The second kappa shape index (κ2) is 6.86. The van der Waals surface area contributed by atoms with Crippen LogP contribution in [-0.2, 0) is 6.42 Å². The normalized spacial score (nSPS) is 21.0. The van der Waals surface area contributed by atoms with Crippen molar-refractivity contribution in [3.05, 3.63) is 53.9 Å². The standard InChI is InChI=1S/C19H23FN4O/c20-15-5-4-14-2-1-3-18(17(14)12-15)22-19(25)23-9-6-16(7-10-23)24-11-8-21-13-24/h4-5,8,11-13,16,18H,1-3,6-7,9-10H2,(H,22,25). The number of nitrogens with one attached hydrogen (secondary N) is 1. The SMILES string of the molecule is O=C(NC1CCCc2ccc(F)cc21)N1CCC(n2ccnc2)CC1. The number of halogens is 1. The Kier molecular flexibility index (Phi) is 4.42. The van der Waals surface area contributed by atoms with E-state index in [-0.39, 0.29) is 17.9 Å². The summed E-state index contributed by atoms with van der Waals surface area (Å²) >= 11 is 0. The quantitative estimate of drug-likeness (QED) is 0.909. The van der Waals surface area contributed by atoms with Gasteiger partial charge in [-0.15, -0.1) is 0 Å². The monoisotopic (exact) mass is 342 g/mol. The van der Waals surface area contributed by atoms with Gasteiger partial charge in [-0.25, -0.2) is 14.2 Å². The number of imidazole rings is 1. The molecule has 2 amide bonds. The Bertz CT molecular complexity index is 738. The molecule has 1 aromatic carbocycles. The van der Waals surface area contributed by atoms with Gasteiger partial charge in [-0.1, -0.05) is 6.07 Å². The Morgan fingerprint density at radius 1 is 1.24 bits per heavy atom. The Morgan fingerprint density at radius 2 is 2.08 bits per heavy atom. The van der Waals surface area contributed by atoms with Gasteiger partial charge in [0.2, 0.25) is 0 Å². The van der Waals surface area contributed by atoms with Gasteiger partial charge >= 0.3 is 6.03 Å². The summed E-state index contributed by atoms with van der Waals surface area (Å²) in [6, 6.07) is 5.22. The third kappa shape index (κ3) is 3.38. The van der Waals surface area contributed by atoms with Crippen molar-refractivity contribution in [1.29, 1.82) is 0 Å². The first-order chi connectivity index (χ1) is 12.2. The molecular weight excluding hydrogens is 319 g/mol. The molecule has 2 aliphatic rings. The average Bonchev–Trinajstić information content (AvgIpc) is 3.17. The van der Waals surface area contributed by atoms with Gasteiger partial charge in [0.15, 0.2) is 0 Å². The zero-order chi connectivity index (χ0) is 17.2. The molecule has 2 aromatic rings. The lowest BCUT2D eigenvalue weighted by Crippen LogP contribution is -2.46. The van der Waals surface area contributed by atoms with Crippen LogP contribution < -0.4 is 5.32 Å². The van der Waals surface area contributed by atoms with E-state index in [2.05, 4.69) is 14.9 Å². The minimum Gasteiger partial charge on any atom is -0.334 e. The van der Waals surface area contributed by atoms with E-state index in [9.17, 15) is 9.18 Å². The summed E-state index contributed by atoms with van der Waals surface area (Å²) in [5.41, 5.74) is 2.09. The zero-order valence-corrected chi connectivity index (χ0v) is 14.2. The minimum absolute atomic E-state index is 0.0359. The molecule has 1 fully saturated rings. The molecule has 1 aromatic heterocycles. The number of likely N-dealkylation sites (tertiary alicyclic amines) is 1. The van der Waals surface area contributed by atoms with Crippen LogP contribution in [0.15, 0.2) is 36.9 Å². The van der Waals surface area contributed by atoms with Gasteiger partial charge in [0.05, 0.1) is 12.4 Å². The molecule has 0 radical (unpaired) electrons. The third-order valence-electron chi connectivity index (χ3n) is 5.42. The van der Waals surface area contributed by atoms with E-state index in [1.54, 1.807) is 12.3 Å². The van der Waals surface area contributed by atoms with Gasteiger partial charge in [-0.05, 0) is 55.4 Å². The van der Waals surface area contributed by atoms with E-state index >= 15 is 0 Å². The summed E-state index contributed by atoms with van der Waals surface area (Å²) in [5, 5.41) is 3.12. The Labute approximate surface area is 146 Å². The summed E-state index contributed by atoms with van der Waals surface area (Å²) in [6.07, 6.45) is 10.3. The van der Waals surface area contributed by atoms with E-state index in [1.807, 2.05) is 23.5 Å². The van der Waals surface area contributed by atoms with Gasteiger partial charge < -0.3 is 14.8 Å². The van der Waals surface area contributed by atoms with Crippen LogP contribution in [-0.4, -0.2) is 33.6 Å². The maximum absolute atomic E-state index is 13.6. The summed E-state index contributed by atoms with van der Waals surface area (Å²) in [4.78, 5) is 18.6. The molecule has 4 rings (SSSR count). The van der Waals surface area contributed by atoms with Crippen molar-refractivity contribution in [2.45, 2.75) is 44.2 Å². The van der Waals surface area contributed by atoms with Crippen LogP contribution in [0.3, 0.4) is 0 Å². The maximum Gasteiger partial charge on any atom is 0.317 e. The van der Waals surface area contributed by atoms with Crippen molar-refractivity contribution in [1.82, 2.24) is 19.8 Å². The number of benzene rings is 1. The number of hydrogen-bond acceptors (Lipinski definition) is 2. The van der Waals surface area contributed by atoms with Gasteiger partial charge in [-0.2, -0.15) is 0 Å². The van der Waals surface area contributed by atoms with Gasteiger partial charge in [0.25, 0.3) is 0 Å². The first-order valence-electron chi connectivity index (χ1n) is 9.02. The molecule has 25 heavy (non-hydrogen) atoms. The first-order valence-corrected chi connectivity index (χ1v) is 9.02. The van der Waals surface area contributed by atoms with Crippen LogP contribution in [0.4, 0.5) is 9.18 Å². The summed E-state index contributed by atoms with van der Waals surface area (Å²) in [7, 11) is 0. The van der Waals surface area contributed by atoms with Crippen LogP contribution in [0, 0.1) is 5.82 Å². The van der Waals surface area contributed by atoms with E-state index in [1.165, 1.54) is 6.07 Å². The van der Waals surface area contributed by atoms with Crippen molar-refractivity contribution < 1.29 is 9.18 Å². The molecular formula is C19H23FN4O. The van der Waals surface area contributed by atoms with Crippen molar-refractivity contribution in [2.75, 3.05) is 13.1 Å². The molecule has 1 N–H and O–H groups in total. The number of nitrogens with zero attached hydrogens (tertiary/aromatic N) is 3. The molecule has 1 atom stereocenters. The molecule has 1 saturated heterocycles. The Morgan fingerprint density at radius 3 is 2.84 bits per heavy atom. The van der Waals surface area contributed by atoms with Crippen LogP contribution in [0.1, 0.15) is 48.9 Å². The molecule has 1 aliphatic carbocycles. The molecule has 1 unspecified atom stereocenters. The zero-order valence-electron chi connectivity index (χ0n) is 14.2. The fourth-order valence-electron chi connectivity index (χ4n) is 4.01. The summed E-state index contributed by atoms with van der Waals surface area (Å²) < 4.78 is 15.7. The van der Waals surface area contributed by atoms with Gasteiger partial charge in [0, 0.05) is 31.5 Å². The number of rotatable bonds is 2. The first kappa shape index (κ1) is 16.1. The molecule has 132 valence electrons. The predicted octanol–water partition coefficient (Wildman–Crippen LogP) is 3.45. The highest BCUT2D eigenvalue weighted by molar-refractivity contribution is 5.75. The number of fused-ring (bicyclic) bond motifs is 1. The highest BCUT2D eigenvalue weighted by atomic mass is 19.1. The van der Waals surface area contributed by atoms with E-state index in [0.29, 0.717) is 6.04 Å². The number of piperidine rings is 1. The molecule has 6 heteroatoms. The molecule has 0 saturated carbocycles. The number of carbonyl (C=O) groups excluding carboxylic acids is 1. The third-order valence-corrected chi connectivity index (χ3v) is 5.42. The minimum atomic E-state index is -0.235. The van der Waals surface area contributed by atoms with Crippen LogP contribution >= 0.6 is 0 Å². The van der Waals surface area contributed by atoms with Crippen LogP contribution in [0.25, 0.3) is 0 Å². The largest absolute Gasteiger partial charge is 0.334 e. The fourth-order valence-corrected chi connectivity index (χ4v) is 4.01. The lowest BCUT2D eigenvalue weighted by atomic mass is 9.87. The number of amides is 2. The van der Waals surface area contributed by atoms with Crippen molar-refractivity contribution in [2.24, 2.45) is 0 Å². The summed E-state index contributed by atoms with van der Waals surface area (Å²) in [6.45, 7) is 1.47. The average molecular weight is 342 g/mol. The topological polar surface area (TPSA) is 50.2 Å². The van der Waals surface area contributed by atoms with Crippen LogP contribution in [0.5, 0.6) is 0 Å². The second-order valence-electron chi connectivity index (χ2n) is 6.97. The molecule has 0 bridgehead atoms. The summed E-state index contributed by atoms with van der Waals surface area (Å²) in [5.74, 6) is -0.235. The van der Waals surface area contributed by atoms with Gasteiger partial charge in [0.1, 0.15) is 5.82 Å². The van der Waals surface area contributed by atoms with Gasteiger partial charge in [-0.3, -0.25) is 0 Å². The fraction of sp³-hybridized carbons (Fsp3) is 0.474. The maximum atomic E-state index is 13.6.